The molecule has 0 aliphatic carbocycles. The molecule has 0 aliphatic rings. The van der Waals surface area contributed by atoms with Gasteiger partial charge in [-0.3, -0.25) is 9.89 Å². The lowest BCUT2D eigenvalue weighted by molar-refractivity contribution is -0.113. The molecule has 0 unspecified atom stereocenters. The fourth-order valence-corrected chi connectivity index (χ4v) is 3.28. The zero-order valence-electron chi connectivity index (χ0n) is 14.6. The van der Waals surface area contributed by atoms with E-state index < -0.39 is 17.5 Å². The zero-order chi connectivity index (χ0) is 20.1. The summed E-state index contributed by atoms with van der Waals surface area (Å²) in [5.74, 6) is -0.896. The summed E-state index contributed by atoms with van der Waals surface area (Å²) in [5.41, 5.74) is 1.02. The number of benzene rings is 2. The first kappa shape index (κ1) is 20.3. The average molecular weight is 469 g/mol. The van der Waals surface area contributed by atoms with E-state index in [1.807, 2.05) is 31.2 Å². The fourth-order valence-electron chi connectivity index (χ4n) is 2.16. The molecule has 0 saturated heterocycles. The molecular weight excluding hydrogens is 454 g/mol. The van der Waals surface area contributed by atoms with Crippen LogP contribution >= 0.6 is 27.7 Å². The van der Waals surface area contributed by atoms with Crippen LogP contribution in [0, 0.1) is 18.6 Å². The molecule has 0 radical (unpaired) electrons. The van der Waals surface area contributed by atoms with Crippen LogP contribution in [0.15, 0.2) is 46.0 Å². The summed E-state index contributed by atoms with van der Waals surface area (Å²) >= 11 is 4.10. The van der Waals surface area contributed by atoms with Gasteiger partial charge in [0, 0.05) is 10.5 Å². The molecule has 1 aromatic heterocycles. The van der Waals surface area contributed by atoms with E-state index in [1.54, 1.807) is 0 Å². The second-order valence-corrected chi connectivity index (χ2v) is 7.54. The van der Waals surface area contributed by atoms with Crippen LogP contribution in [0.1, 0.15) is 11.4 Å². The van der Waals surface area contributed by atoms with Crippen molar-refractivity contribution in [1.29, 1.82) is 0 Å². The minimum absolute atomic E-state index is 0.0423. The van der Waals surface area contributed by atoms with Crippen molar-refractivity contribution < 1.29 is 18.3 Å². The van der Waals surface area contributed by atoms with Crippen molar-refractivity contribution in [2.75, 3.05) is 11.1 Å². The molecule has 2 aromatic carbocycles. The molecular formula is C18H15BrF2N4O2S. The van der Waals surface area contributed by atoms with Gasteiger partial charge in [-0.2, -0.15) is 0 Å². The molecule has 1 amide bonds. The minimum atomic E-state index is -0.862. The normalized spacial score (nSPS) is 10.7. The van der Waals surface area contributed by atoms with Crippen molar-refractivity contribution in [3.63, 3.8) is 0 Å². The first-order chi connectivity index (χ1) is 13.4. The second kappa shape index (κ2) is 9.16. The topological polar surface area (TPSA) is 79.9 Å². The predicted molar refractivity (Wildman–Crippen MR) is 105 cm³/mol. The predicted octanol–water partition coefficient (Wildman–Crippen LogP) is 4.46. The lowest BCUT2D eigenvalue weighted by atomic mass is 10.2. The Kier molecular flexibility index (Phi) is 6.63. The fraction of sp³-hybridized carbons (Fsp3) is 0.167. The summed E-state index contributed by atoms with van der Waals surface area (Å²) in [6, 6.07) is 9.37. The number of carbonyl (C=O) groups excluding carboxylic acids is 1. The number of thioether (sulfide) groups is 1. The number of H-pyrrole nitrogens is 1. The Morgan fingerprint density at radius 1 is 1.29 bits per heavy atom. The largest absolute Gasteiger partial charge is 0.486 e. The maximum Gasteiger partial charge on any atom is 0.234 e. The van der Waals surface area contributed by atoms with Crippen molar-refractivity contribution in [1.82, 2.24) is 15.2 Å². The number of anilines is 1. The monoisotopic (exact) mass is 468 g/mol. The third-order valence-corrected chi connectivity index (χ3v) is 4.98. The van der Waals surface area contributed by atoms with Crippen LogP contribution < -0.4 is 10.1 Å². The highest BCUT2D eigenvalue weighted by molar-refractivity contribution is 9.10. The second-order valence-electron chi connectivity index (χ2n) is 5.75. The van der Waals surface area contributed by atoms with Crippen molar-refractivity contribution in [3.05, 3.63) is 63.9 Å². The molecule has 0 fully saturated rings. The van der Waals surface area contributed by atoms with Crippen LogP contribution in [-0.2, 0) is 11.4 Å². The van der Waals surface area contributed by atoms with E-state index in [0.29, 0.717) is 22.8 Å². The smallest absolute Gasteiger partial charge is 0.234 e. The summed E-state index contributed by atoms with van der Waals surface area (Å²) in [6.07, 6.45) is 0. The van der Waals surface area contributed by atoms with Gasteiger partial charge in [0.2, 0.25) is 11.1 Å². The zero-order valence-corrected chi connectivity index (χ0v) is 17.0. The van der Waals surface area contributed by atoms with Gasteiger partial charge in [-0.05, 0) is 41.1 Å². The standard InChI is InChI=1S/C18H15BrF2N4O2S/c1-10-2-4-12(5-3-10)27-8-15-22-18(25-24-15)28-9-16(26)23-17-13(19)6-11(20)7-14(17)21/h2-7H,8-9H2,1H3,(H,23,26)(H,22,24,25). The van der Waals surface area contributed by atoms with E-state index >= 15 is 0 Å². The number of carbonyl (C=O) groups is 1. The van der Waals surface area contributed by atoms with Crippen LogP contribution in [0.4, 0.5) is 14.5 Å². The molecule has 0 atom stereocenters. The van der Waals surface area contributed by atoms with Crippen LogP contribution in [0.5, 0.6) is 5.75 Å². The first-order valence-corrected chi connectivity index (χ1v) is 9.86. The molecule has 2 N–H and O–H groups in total. The number of nitrogens with one attached hydrogen (secondary N) is 2. The van der Waals surface area contributed by atoms with E-state index in [9.17, 15) is 13.6 Å². The lowest BCUT2D eigenvalue weighted by Gasteiger charge is -2.08. The summed E-state index contributed by atoms with van der Waals surface area (Å²) in [6.45, 7) is 2.19. The van der Waals surface area contributed by atoms with Crippen LogP contribution in [0.3, 0.4) is 0 Å². The molecule has 0 spiro atoms. The van der Waals surface area contributed by atoms with Crippen molar-refractivity contribution >= 4 is 39.3 Å². The van der Waals surface area contributed by atoms with Gasteiger partial charge < -0.3 is 10.1 Å². The number of aromatic amines is 1. The van der Waals surface area contributed by atoms with Crippen LogP contribution in [0.2, 0.25) is 0 Å². The molecule has 1 heterocycles. The average Bonchev–Trinajstić information content (AvgIpc) is 3.10. The number of aryl methyl sites for hydroxylation is 1. The number of hydrogen-bond acceptors (Lipinski definition) is 5. The van der Waals surface area contributed by atoms with Gasteiger partial charge in [0.1, 0.15) is 18.2 Å². The first-order valence-electron chi connectivity index (χ1n) is 8.08. The number of hydrogen-bond donors (Lipinski definition) is 2. The van der Waals surface area contributed by atoms with Gasteiger partial charge in [-0.15, -0.1) is 5.10 Å². The van der Waals surface area contributed by atoms with E-state index in [0.717, 1.165) is 23.4 Å². The van der Waals surface area contributed by atoms with E-state index in [1.165, 1.54) is 0 Å². The molecule has 28 heavy (non-hydrogen) atoms. The van der Waals surface area contributed by atoms with Gasteiger partial charge in [0.25, 0.3) is 0 Å². The van der Waals surface area contributed by atoms with Gasteiger partial charge in [0.15, 0.2) is 11.6 Å². The van der Waals surface area contributed by atoms with Gasteiger partial charge >= 0.3 is 0 Å². The summed E-state index contributed by atoms with van der Waals surface area (Å²) in [5, 5.41) is 9.49. The number of ether oxygens (including phenoxy) is 1. The van der Waals surface area contributed by atoms with E-state index in [4.69, 9.17) is 4.74 Å². The van der Waals surface area contributed by atoms with Crippen molar-refractivity contribution in [2.24, 2.45) is 0 Å². The summed E-state index contributed by atoms with van der Waals surface area (Å²) < 4.78 is 32.6. The Bertz CT molecular complexity index is 959. The Morgan fingerprint density at radius 2 is 2.04 bits per heavy atom. The molecule has 0 aliphatic heterocycles. The Morgan fingerprint density at radius 3 is 2.75 bits per heavy atom. The summed E-state index contributed by atoms with van der Waals surface area (Å²) in [4.78, 5) is 16.2. The number of aromatic nitrogens is 3. The molecule has 146 valence electrons. The molecule has 10 heteroatoms. The number of halogens is 3. The van der Waals surface area contributed by atoms with E-state index in [-0.39, 0.29) is 22.5 Å². The molecule has 0 bridgehead atoms. The Labute approximate surface area is 172 Å². The van der Waals surface area contributed by atoms with Crippen LogP contribution in [0.25, 0.3) is 0 Å². The number of nitrogens with zero attached hydrogens (tertiary/aromatic N) is 2. The van der Waals surface area contributed by atoms with Gasteiger partial charge in [0.05, 0.1) is 11.4 Å². The maximum atomic E-state index is 13.7. The minimum Gasteiger partial charge on any atom is -0.486 e. The van der Waals surface area contributed by atoms with Gasteiger partial charge in [-0.1, -0.05) is 29.5 Å². The molecule has 6 nitrogen and oxygen atoms in total. The number of amides is 1. The van der Waals surface area contributed by atoms with Crippen LogP contribution in [-0.4, -0.2) is 26.8 Å². The quantitative estimate of drug-likeness (QED) is 0.500. The Balaban J connectivity index is 1.50. The van der Waals surface area contributed by atoms with Gasteiger partial charge in [-0.25, -0.2) is 13.8 Å². The third-order valence-electron chi connectivity index (χ3n) is 3.51. The van der Waals surface area contributed by atoms with Crippen molar-refractivity contribution in [2.45, 2.75) is 18.7 Å². The molecule has 0 saturated carbocycles. The summed E-state index contributed by atoms with van der Waals surface area (Å²) in [7, 11) is 0. The van der Waals surface area contributed by atoms with E-state index in [2.05, 4.69) is 36.4 Å². The van der Waals surface area contributed by atoms with Crippen molar-refractivity contribution in [3.8, 4) is 5.75 Å². The Hall–Kier alpha value is -2.46. The molecule has 3 aromatic rings. The highest BCUT2D eigenvalue weighted by Crippen LogP contribution is 2.27. The SMILES string of the molecule is Cc1ccc(OCc2nc(SCC(=O)Nc3c(F)cc(F)cc3Br)n[nH]2)cc1. The maximum absolute atomic E-state index is 13.7. The highest BCUT2D eigenvalue weighted by Gasteiger charge is 2.14. The molecule has 3 rings (SSSR count). The lowest BCUT2D eigenvalue weighted by Crippen LogP contribution is -2.15. The number of rotatable bonds is 7. The third kappa shape index (κ3) is 5.52. The highest BCUT2D eigenvalue weighted by atomic mass is 79.9.